The van der Waals surface area contributed by atoms with Crippen molar-refractivity contribution in [2.75, 3.05) is 26.7 Å². The van der Waals surface area contributed by atoms with Gasteiger partial charge in [0.05, 0.1) is 0 Å². The molecule has 0 radical (unpaired) electrons. The lowest BCUT2D eigenvalue weighted by molar-refractivity contribution is -0.135. The maximum absolute atomic E-state index is 12.1. The highest BCUT2D eigenvalue weighted by molar-refractivity contribution is 9.10. The maximum atomic E-state index is 12.1. The number of carbonyl (C=O) groups excluding carboxylic acids is 1. The van der Waals surface area contributed by atoms with Gasteiger partial charge in [0, 0.05) is 48.1 Å². The average Bonchev–Trinajstić information content (AvgIpc) is 2.63. The van der Waals surface area contributed by atoms with E-state index in [1.165, 1.54) is 5.56 Å². The quantitative estimate of drug-likeness (QED) is 0.541. The summed E-state index contributed by atoms with van der Waals surface area (Å²) >= 11 is 9.62. The minimum Gasteiger partial charge on any atom is -0.356 e. The molecule has 0 saturated carbocycles. The van der Waals surface area contributed by atoms with E-state index in [2.05, 4.69) is 31.6 Å². The van der Waals surface area contributed by atoms with E-state index in [9.17, 15) is 4.79 Å². The molecule has 144 valence electrons. The zero-order valence-electron chi connectivity index (χ0n) is 15.7. The standard InChI is InChI=1S/C19H28BrClN4O/c1-13(2)18(26)25-10-7-16(8-11-25)24-19(22-3)23-9-6-14-12-15(21)4-5-17(14)20/h4-5,12-13,16H,6-11H2,1-3H3,(H2,22,23,24). The minimum absolute atomic E-state index is 0.0692. The molecule has 7 heteroatoms. The van der Waals surface area contributed by atoms with Crippen molar-refractivity contribution in [2.45, 2.75) is 39.2 Å². The molecule has 1 fully saturated rings. The lowest BCUT2D eigenvalue weighted by atomic mass is 10.0. The predicted molar refractivity (Wildman–Crippen MR) is 112 cm³/mol. The Morgan fingerprint density at radius 1 is 1.38 bits per heavy atom. The number of guanidine groups is 1. The van der Waals surface area contributed by atoms with Crippen LogP contribution in [0.25, 0.3) is 0 Å². The number of hydrogen-bond donors (Lipinski definition) is 2. The van der Waals surface area contributed by atoms with E-state index < -0.39 is 0 Å². The van der Waals surface area contributed by atoms with Crippen LogP contribution in [0, 0.1) is 5.92 Å². The van der Waals surface area contributed by atoms with Gasteiger partial charge in [0.2, 0.25) is 5.91 Å². The van der Waals surface area contributed by atoms with Gasteiger partial charge in [-0.1, -0.05) is 41.4 Å². The van der Waals surface area contributed by atoms with E-state index >= 15 is 0 Å². The van der Waals surface area contributed by atoms with Crippen LogP contribution in [0.15, 0.2) is 27.7 Å². The van der Waals surface area contributed by atoms with Crippen molar-refractivity contribution >= 4 is 39.4 Å². The summed E-state index contributed by atoms with van der Waals surface area (Å²) in [5, 5.41) is 7.57. The Labute approximate surface area is 169 Å². The van der Waals surface area contributed by atoms with E-state index in [0.717, 1.165) is 54.4 Å². The second kappa shape index (κ2) is 10.2. The zero-order valence-corrected chi connectivity index (χ0v) is 18.0. The van der Waals surface area contributed by atoms with Gasteiger partial charge in [0.1, 0.15) is 0 Å². The van der Waals surface area contributed by atoms with Gasteiger partial charge < -0.3 is 15.5 Å². The van der Waals surface area contributed by atoms with Crippen molar-refractivity contribution in [1.29, 1.82) is 0 Å². The Hall–Kier alpha value is -1.27. The molecule has 5 nitrogen and oxygen atoms in total. The van der Waals surface area contributed by atoms with E-state index in [1.807, 2.05) is 36.9 Å². The number of carbonyl (C=O) groups is 1. The highest BCUT2D eigenvalue weighted by Crippen LogP contribution is 2.21. The van der Waals surface area contributed by atoms with E-state index in [4.69, 9.17) is 11.6 Å². The van der Waals surface area contributed by atoms with Crippen LogP contribution in [0.3, 0.4) is 0 Å². The summed E-state index contributed by atoms with van der Waals surface area (Å²) in [5.41, 5.74) is 1.17. The first kappa shape index (κ1) is 21.0. The number of rotatable bonds is 5. The first-order valence-corrected chi connectivity index (χ1v) is 10.3. The van der Waals surface area contributed by atoms with Gasteiger partial charge in [-0.05, 0) is 43.0 Å². The van der Waals surface area contributed by atoms with E-state index in [0.29, 0.717) is 6.04 Å². The van der Waals surface area contributed by atoms with Gasteiger partial charge >= 0.3 is 0 Å². The number of benzene rings is 1. The first-order chi connectivity index (χ1) is 12.4. The van der Waals surface area contributed by atoms with Crippen LogP contribution in [0.4, 0.5) is 0 Å². The number of amides is 1. The normalized spacial score (nSPS) is 16.1. The minimum atomic E-state index is 0.0692. The average molecular weight is 444 g/mol. The molecule has 1 heterocycles. The number of halogens is 2. The van der Waals surface area contributed by atoms with Crippen LogP contribution in [0.2, 0.25) is 5.02 Å². The van der Waals surface area contributed by atoms with Crippen molar-refractivity contribution in [3.8, 4) is 0 Å². The molecule has 0 atom stereocenters. The lowest BCUT2D eigenvalue weighted by Crippen LogP contribution is -2.50. The molecule has 1 aromatic carbocycles. The Balaban J connectivity index is 1.76. The van der Waals surface area contributed by atoms with Crippen molar-refractivity contribution in [3.63, 3.8) is 0 Å². The first-order valence-electron chi connectivity index (χ1n) is 9.10. The number of hydrogen-bond acceptors (Lipinski definition) is 2. The van der Waals surface area contributed by atoms with Crippen LogP contribution in [0.1, 0.15) is 32.3 Å². The van der Waals surface area contributed by atoms with E-state index in [1.54, 1.807) is 7.05 Å². The summed E-state index contributed by atoms with van der Waals surface area (Å²) < 4.78 is 1.06. The summed E-state index contributed by atoms with van der Waals surface area (Å²) in [6.45, 7) is 6.29. The molecule has 1 saturated heterocycles. The zero-order chi connectivity index (χ0) is 19.1. The molecule has 2 rings (SSSR count). The molecule has 2 N–H and O–H groups in total. The summed E-state index contributed by atoms with van der Waals surface area (Å²) in [7, 11) is 1.78. The molecule has 1 amide bonds. The van der Waals surface area contributed by atoms with Crippen LogP contribution >= 0.6 is 27.5 Å². The van der Waals surface area contributed by atoms with Gasteiger partial charge in [-0.2, -0.15) is 0 Å². The van der Waals surface area contributed by atoms with Crippen LogP contribution < -0.4 is 10.6 Å². The number of nitrogens with one attached hydrogen (secondary N) is 2. The molecule has 0 spiro atoms. The van der Waals surface area contributed by atoms with Gasteiger partial charge in [0.25, 0.3) is 0 Å². The second-order valence-corrected chi connectivity index (χ2v) is 8.17. The molecule has 0 aliphatic carbocycles. The second-order valence-electron chi connectivity index (χ2n) is 6.88. The summed E-state index contributed by atoms with van der Waals surface area (Å²) in [6, 6.07) is 6.16. The third-order valence-electron chi connectivity index (χ3n) is 4.56. The van der Waals surface area contributed by atoms with Crippen molar-refractivity contribution in [2.24, 2.45) is 10.9 Å². The molecule has 0 aromatic heterocycles. The smallest absolute Gasteiger partial charge is 0.225 e. The fourth-order valence-electron chi connectivity index (χ4n) is 3.05. The van der Waals surface area contributed by atoms with E-state index in [-0.39, 0.29) is 11.8 Å². The summed E-state index contributed by atoms with van der Waals surface area (Å²) in [6.07, 6.45) is 2.74. The Kier molecular flexibility index (Phi) is 8.22. The molecular formula is C19H28BrClN4O. The fourth-order valence-corrected chi connectivity index (χ4v) is 3.69. The van der Waals surface area contributed by atoms with Crippen LogP contribution in [-0.4, -0.2) is 49.5 Å². The molecule has 26 heavy (non-hydrogen) atoms. The fraction of sp³-hybridized carbons (Fsp3) is 0.579. The Morgan fingerprint density at radius 2 is 2.08 bits per heavy atom. The lowest BCUT2D eigenvalue weighted by Gasteiger charge is -2.34. The van der Waals surface area contributed by atoms with Gasteiger partial charge in [-0.15, -0.1) is 0 Å². The topological polar surface area (TPSA) is 56.7 Å². The molecule has 0 bridgehead atoms. The van der Waals surface area contributed by atoms with Crippen molar-refractivity contribution in [1.82, 2.24) is 15.5 Å². The highest BCUT2D eigenvalue weighted by Gasteiger charge is 2.24. The monoisotopic (exact) mass is 442 g/mol. The van der Waals surface area contributed by atoms with Gasteiger partial charge in [0.15, 0.2) is 5.96 Å². The maximum Gasteiger partial charge on any atom is 0.225 e. The third kappa shape index (κ3) is 6.16. The number of likely N-dealkylation sites (tertiary alicyclic amines) is 1. The van der Waals surface area contributed by atoms with Crippen LogP contribution in [0.5, 0.6) is 0 Å². The van der Waals surface area contributed by atoms with Crippen molar-refractivity contribution in [3.05, 3.63) is 33.3 Å². The predicted octanol–water partition coefficient (Wildman–Crippen LogP) is 3.46. The summed E-state index contributed by atoms with van der Waals surface area (Å²) in [4.78, 5) is 18.3. The van der Waals surface area contributed by atoms with Gasteiger partial charge in [-0.3, -0.25) is 9.79 Å². The molecule has 1 aliphatic rings. The number of aliphatic imine (C=N–C) groups is 1. The molecule has 0 unspecified atom stereocenters. The largest absolute Gasteiger partial charge is 0.356 e. The number of nitrogens with zero attached hydrogens (tertiary/aromatic N) is 2. The van der Waals surface area contributed by atoms with Crippen molar-refractivity contribution < 1.29 is 4.79 Å². The number of piperidine rings is 1. The molecule has 1 aliphatic heterocycles. The SMILES string of the molecule is CN=C(NCCc1cc(Cl)ccc1Br)NC1CCN(C(=O)C(C)C)CC1. The Morgan fingerprint density at radius 3 is 2.69 bits per heavy atom. The highest BCUT2D eigenvalue weighted by atomic mass is 79.9. The molecule has 1 aromatic rings. The third-order valence-corrected chi connectivity index (χ3v) is 5.57. The van der Waals surface area contributed by atoms with Gasteiger partial charge in [-0.25, -0.2) is 0 Å². The van der Waals surface area contributed by atoms with Crippen LogP contribution in [-0.2, 0) is 11.2 Å². The Bertz CT molecular complexity index is 642. The summed E-state index contributed by atoms with van der Waals surface area (Å²) in [5.74, 6) is 1.12. The molecular weight excluding hydrogens is 416 g/mol.